The molecule has 0 fully saturated rings. The van der Waals surface area contributed by atoms with Crippen molar-refractivity contribution in [3.63, 3.8) is 0 Å². The topological polar surface area (TPSA) is 77.1 Å². The van der Waals surface area contributed by atoms with Crippen LogP contribution in [-0.2, 0) is 9.59 Å². The van der Waals surface area contributed by atoms with Gasteiger partial charge in [-0.3, -0.25) is 9.59 Å². The first kappa shape index (κ1) is 22.0. The largest absolute Gasteiger partial charge is 0.497 e. The van der Waals surface area contributed by atoms with Gasteiger partial charge >= 0.3 is 0 Å². The van der Waals surface area contributed by atoms with Crippen LogP contribution in [0.5, 0.6) is 17.2 Å². The van der Waals surface area contributed by atoms with Crippen LogP contribution in [0.3, 0.4) is 0 Å². The molecule has 3 aromatic carbocycles. The van der Waals surface area contributed by atoms with Crippen molar-refractivity contribution in [2.75, 3.05) is 31.0 Å². The van der Waals surface area contributed by atoms with Crippen molar-refractivity contribution in [3.8, 4) is 17.2 Å². The summed E-state index contributed by atoms with van der Waals surface area (Å²) in [5.41, 5.74) is 1.97. The van der Waals surface area contributed by atoms with Crippen molar-refractivity contribution >= 4 is 28.8 Å². The van der Waals surface area contributed by atoms with Gasteiger partial charge in [0.25, 0.3) is 11.8 Å². The van der Waals surface area contributed by atoms with E-state index in [9.17, 15) is 9.59 Å². The summed E-state index contributed by atoms with van der Waals surface area (Å²) >= 11 is 0. The molecule has 0 aliphatic carbocycles. The normalized spacial score (nSPS) is 13.4. The third kappa shape index (κ3) is 4.13. The zero-order valence-electron chi connectivity index (χ0n) is 18.6. The smallest absolute Gasteiger partial charge is 0.282 e. The second-order valence-corrected chi connectivity index (χ2v) is 7.15. The molecule has 4 rings (SSSR count). The third-order valence-corrected chi connectivity index (χ3v) is 5.22. The summed E-state index contributed by atoms with van der Waals surface area (Å²) in [6.45, 7) is 2.25. The molecule has 7 nitrogen and oxygen atoms in total. The molecule has 168 valence electrons. The number of imide groups is 1. The molecule has 1 aliphatic heterocycles. The predicted octanol–water partition coefficient (Wildman–Crippen LogP) is 4.50. The lowest BCUT2D eigenvalue weighted by Crippen LogP contribution is -2.32. The van der Waals surface area contributed by atoms with E-state index < -0.39 is 11.8 Å². The number of methoxy groups -OCH3 is 2. The van der Waals surface area contributed by atoms with Gasteiger partial charge < -0.3 is 19.5 Å². The van der Waals surface area contributed by atoms with Gasteiger partial charge in [0, 0.05) is 6.07 Å². The Morgan fingerprint density at radius 2 is 1.55 bits per heavy atom. The molecule has 1 heterocycles. The van der Waals surface area contributed by atoms with E-state index in [-0.39, 0.29) is 11.3 Å². The van der Waals surface area contributed by atoms with Crippen LogP contribution in [0.25, 0.3) is 5.57 Å². The minimum absolute atomic E-state index is 0.154. The Labute approximate surface area is 192 Å². The monoisotopic (exact) mass is 444 g/mol. The Morgan fingerprint density at radius 3 is 2.24 bits per heavy atom. The fraction of sp³-hybridized carbons (Fsp3) is 0.154. The summed E-state index contributed by atoms with van der Waals surface area (Å²) in [5.74, 6) is 0.619. The molecule has 0 saturated heterocycles. The Morgan fingerprint density at radius 1 is 0.818 bits per heavy atom. The van der Waals surface area contributed by atoms with Crippen molar-refractivity contribution in [3.05, 3.63) is 84.1 Å². The van der Waals surface area contributed by atoms with Gasteiger partial charge in [-0.05, 0) is 36.8 Å². The Kier molecular flexibility index (Phi) is 6.31. The number of para-hydroxylation sites is 2. The molecule has 2 amide bonds. The third-order valence-electron chi connectivity index (χ3n) is 5.22. The molecule has 1 N–H and O–H groups in total. The van der Waals surface area contributed by atoms with Crippen molar-refractivity contribution in [1.82, 2.24) is 0 Å². The molecular formula is C26H24N2O5. The van der Waals surface area contributed by atoms with E-state index in [2.05, 4.69) is 5.32 Å². The van der Waals surface area contributed by atoms with E-state index >= 15 is 0 Å². The number of benzene rings is 3. The summed E-state index contributed by atoms with van der Waals surface area (Å²) in [6, 6.07) is 21.3. The van der Waals surface area contributed by atoms with Gasteiger partial charge in [0.2, 0.25) is 0 Å². The molecule has 7 heteroatoms. The Bertz CT molecular complexity index is 1220. The average Bonchev–Trinajstić information content (AvgIpc) is 3.09. The summed E-state index contributed by atoms with van der Waals surface area (Å²) in [7, 11) is 3.09. The molecule has 0 radical (unpaired) electrons. The molecule has 3 aromatic rings. The number of carbonyl (C=O) groups is 2. The van der Waals surface area contributed by atoms with Crippen molar-refractivity contribution in [1.29, 1.82) is 0 Å². The highest BCUT2D eigenvalue weighted by molar-refractivity contribution is 6.46. The SMILES string of the molecule is CCOc1ccccc1N1C(=O)C(Nc2ccc(OC)cc2OC)=C(c2ccccc2)C1=O. The van der Waals surface area contributed by atoms with Crippen LogP contribution < -0.4 is 24.4 Å². The molecule has 33 heavy (non-hydrogen) atoms. The van der Waals surface area contributed by atoms with Crippen LogP contribution in [-0.4, -0.2) is 32.6 Å². The van der Waals surface area contributed by atoms with Crippen molar-refractivity contribution < 1.29 is 23.8 Å². The maximum atomic E-state index is 13.6. The van der Waals surface area contributed by atoms with Crippen molar-refractivity contribution in [2.45, 2.75) is 6.92 Å². The van der Waals surface area contributed by atoms with E-state index in [1.165, 1.54) is 7.11 Å². The van der Waals surface area contributed by atoms with E-state index in [1.54, 1.807) is 61.7 Å². The van der Waals surface area contributed by atoms with E-state index in [0.717, 1.165) is 4.90 Å². The first-order valence-corrected chi connectivity index (χ1v) is 10.5. The van der Waals surface area contributed by atoms with Gasteiger partial charge in [-0.1, -0.05) is 42.5 Å². The number of amides is 2. The first-order valence-electron chi connectivity index (χ1n) is 10.5. The summed E-state index contributed by atoms with van der Waals surface area (Å²) in [4.78, 5) is 28.4. The molecule has 0 bridgehead atoms. The predicted molar refractivity (Wildman–Crippen MR) is 127 cm³/mol. The van der Waals surface area contributed by atoms with Gasteiger partial charge in [0.15, 0.2) is 0 Å². The van der Waals surface area contributed by atoms with Crippen LogP contribution in [0.15, 0.2) is 78.5 Å². The van der Waals surface area contributed by atoms with Gasteiger partial charge in [-0.25, -0.2) is 4.90 Å². The van der Waals surface area contributed by atoms with E-state index in [0.29, 0.717) is 40.8 Å². The molecule has 1 aliphatic rings. The van der Waals surface area contributed by atoms with Gasteiger partial charge in [-0.15, -0.1) is 0 Å². The fourth-order valence-electron chi connectivity index (χ4n) is 3.69. The van der Waals surface area contributed by atoms with Gasteiger partial charge in [0.1, 0.15) is 22.9 Å². The van der Waals surface area contributed by atoms with Gasteiger partial charge in [0.05, 0.1) is 37.8 Å². The van der Waals surface area contributed by atoms with Gasteiger partial charge in [-0.2, -0.15) is 0 Å². The molecule has 0 atom stereocenters. The van der Waals surface area contributed by atoms with Crippen LogP contribution in [0.1, 0.15) is 12.5 Å². The second-order valence-electron chi connectivity index (χ2n) is 7.15. The van der Waals surface area contributed by atoms with Crippen LogP contribution in [0, 0.1) is 0 Å². The number of carbonyl (C=O) groups excluding carboxylic acids is 2. The molecule has 0 saturated carbocycles. The highest BCUT2D eigenvalue weighted by Crippen LogP contribution is 2.39. The van der Waals surface area contributed by atoms with Crippen LogP contribution in [0.2, 0.25) is 0 Å². The minimum atomic E-state index is -0.483. The lowest BCUT2D eigenvalue weighted by Gasteiger charge is -2.19. The highest BCUT2D eigenvalue weighted by atomic mass is 16.5. The zero-order chi connectivity index (χ0) is 23.4. The second kappa shape index (κ2) is 9.48. The highest BCUT2D eigenvalue weighted by Gasteiger charge is 2.41. The number of hydrogen-bond donors (Lipinski definition) is 1. The number of anilines is 2. The Balaban J connectivity index is 1.83. The maximum Gasteiger partial charge on any atom is 0.282 e. The Hall–Kier alpha value is -4.26. The lowest BCUT2D eigenvalue weighted by molar-refractivity contribution is -0.120. The maximum absolute atomic E-state index is 13.6. The van der Waals surface area contributed by atoms with Crippen LogP contribution >= 0.6 is 0 Å². The summed E-state index contributed by atoms with van der Waals surface area (Å²) in [5, 5.41) is 3.14. The van der Waals surface area contributed by atoms with E-state index in [1.807, 2.05) is 25.1 Å². The zero-order valence-corrected chi connectivity index (χ0v) is 18.6. The standard InChI is InChI=1S/C26H24N2O5/c1-4-33-21-13-9-8-12-20(21)28-25(29)23(17-10-6-5-7-11-17)24(26(28)30)27-19-15-14-18(31-2)16-22(19)32-3/h5-16,27H,4H2,1-3H3. The van der Waals surface area contributed by atoms with Crippen molar-refractivity contribution in [2.24, 2.45) is 0 Å². The number of nitrogens with zero attached hydrogens (tertiary/aromatic N) is 1. The first-order chi connectivity index (χ1) is 16.1. The quantitative estimate of drug-likeness (QED) is 0.516. The lowest BCUT2D eigenvalue weighted by atomic mass is 10.0. The number of ether oxygens (including phenoxy) is 3. The molecular weight excluding hydrogens is 420 g/mol. The van der Waals surface area contributed by atoms with E-state index in [4.69, 9.17) is 14.2 Å². The summed E-state index contributed by atoms with van der Waals surface area (Å²) < 4.78 is 16.4. The molecule has 0 spiro atoms. The van der Waals surface area contributed by atoms with Crippen LogP contribution in [0.4, 0.5) is 11.4 Å². The number of nitrogens with one attached hydrogen (secondary N) is 1. The summed E-state index contributed by atoms with van der Waals surface area (Å²) in [6.07, 6.45) is 0. The fourth-order valence-corrected chi connectivity index (χ4v) is 3.69. The average molecular weight is 444 g/mol. The molecule has 0 aromatic heterocycles. The molecule has 0 unspecified atom stereocenters. The number of hydrogen-bond acceptors (Lipinski definition) is 6. The minimum Gasteiger partial charge on any atom is -0.497 e. The number of rotatable bonds is 8.